The van der Waals surface area contributed by atoms with Gasteiger partial charge in [-0.05, 0) is 36.2 Å². The van der Waals surface area contributed by atoms with E-state index in [0.717, 1.165) is 20.6 Å². The van der Waals surface area contributed by atoms with Gasteiger partial charge in [0.15, 0.2) is 0 Å². The van der Waals surface area contributed by atoms with E-state index in [-0.39, 0.29) is 6.04 Å². The van der Waals surface area contributed by atoms with Crippen molar-refractivity contribution in [3.8, 4) is 0 Å². The zero-order chi connectivity index (χ0) is 14.5. The number of halogens is 2. The van der Waals surface area contributed by atoms with E-state index in [1.54, 1.807) is 0 Å². The molecule has 0 aliphatic rings. The fraction of sp³-hybridized carbons (Fsp3) is 0.250. The number of aliphatic hydroxyl groups excluding tert-OH is 1. The predicted octanol–water partition coefficient (Wildman–Crippen LogP) is 4.49. The molecule has 20 heavy (non-hydrogen) atoms. The van der Waals surface area contributed by atoms with E-state index in [1.165, 1.54) is 0 Å². The first-order valence-corrected chi connectivity index (χ1v) is 7.66. The summed E-state index contributed by atoms with van der Waals surface area (Å²) in [6, 6.07) is 15.5. The molecule has 0 fully saturated rings. The Balaban J connectivity index is 1.97. The maximum atomic E-state index is 10.2. The molecule has 0 spiro atoms. The van der Waals surface area contributed by atoms with Crippen LogP contribution in [0.15, 0.2) is 53.0 Å². The summed E-state index contributed by atoms with van der Waals surface area (Å²) in [6.45, 7) is 2.51. The first kappa shape index (κ1) is 15.5. The molecular weight excluding hydrogens is 338 g/mol. The molecule has 2 rings (SSSR count). The van der Waals surface area contributed by atoms with Crippen molar-refractivity contribution in [1.29, 1.82) is 0 Å². The lowest BCUT2D eigenvalue weighted by atomic mass is 10.1. The third-order valence-corrected chi connectivity index (χ3v) is 4.06. The van der Waals surface area contributed by atoms with Crippen LogP contribution in [0.4, 0.5) is 0 Å². The van der Waals surface area contributed by atoms with Crippen LogP contribution in [0.1, 0.15) is 30.2 Å². The molecule has 2 nitrogen and oxygen atoms in total. The Morgan fingerprint density at radius 1 is 1.20 bits per heavy atom. The van der Waals surface area contributed by atoms with Crippen LogP contribution in [0.2, 0.25) is 5.02 Å². The normalized spacial score (nSPS) is 14.0. The second-order valence-corrected chi connectivity index (χ2v) is 6.05. The minimum atomic E-state index is -0.544. The fourth-order valence-electron chi connectivity index (χ4n) is 2.06. The quantitative estimate of drug-likeness (QED) is 0.829. The molecule has 2 atom stereocenters. The summed E-state index contributed by atoms with van der Waals surface area (Å²) in [4.78, 5) is 0. The molecule has 0 saturated carbocycles. The minimum Gasteiger partial charge on any atom is -0.387 e. The van der Waals surface area contributed by atoms with Crippen molar-refractivity contribution in [1.82, 2.24) is 5.32 Å². The van der Waals surface area contributed by atoms with Crippen LogP contribution in [0.3, 0.4) is 0 Å². The molecule has 2 aromatic carbocycles. The maximum Gasteiger partial charge on any atom is 0.0914 e. The molecule has 0 amide bonds. The fourth-order valence-corrected chi connectivity index (χ4v) is 2.77. The highest BCUT2D eigenvalue weighted by atomic mass is 79.9. The van der Waals surface area contributed by atoms with Crippen molar-refractivity contribution in [3.63, 3.8) is 0 Å². The third-order valence-electron chi connectivity index (χ3n) is 3.22. The first-order valence-electron chi connectivity index (χ1n) is 6.49. The number of hydrogen-bond donors (Lipinski definition) is 2. The average molecular weight is 355 g/mol. The van der Waals surface area contributed by atoms with E-state index in [4.69, 9.17) is 11.6 Å². The molecule has 0 radical (unpaired) electrons. The highest BCUT2D eigenvalue weighted by molar-refractivity contribution is 9.10. The second kappa shape index (κ2) is 7.23. The van der Waals surface area contributed by atoms with Gasteiger partial charge in [-0.3, -0.25) is 0 Å². The standard InChI is InChI=1S/C16H17BrClNO/c1-11(14-7-2-3-8-15(14)18)19-10-16(20)12-5-4-6-13(17)9-12/h2-9,11,16,19-20H,10H2,1H3/t11-,16?/m0/s1. The van der Waals surface area contributed by atoms with Gasteiger partial charge in [-0.15, -0.1) is 0 Å². The van der Waals surface area contributed by atoms with Gasteiger partial charge in [-0.2, -0.15) is 0 Å². The topological polar surface area (TPSA) is 32.3 Å². The Labute approximate surface area is 132 Å². The second-order valence-electron chi connectivity index (χ2n) is 4.72. The van der Waals surface area contributed by atoms with E-state index in [1.807, 2.05) is 55.5 Å². The molecule has 1 unspecified atom stereocenters. The molecule has 0 heterocycles. The van der Waals surface area contributed by atoms with Gasteiger partial charge in [-0.25, -0.2) is 0 Å². The molecule has 0 saturated heterocycles. The van der Waals surface area contributed by atoms with Crippen LogP contribution >= 0.6 is 27.5 Å². The van der Waals surface area contributed by atoms with Crippen molar-refractivity contribution in [2.45, 2.75) is 19.1 Å². The summed E-state index contributed by atoms with van der Waals surface area (Å²) in [5.74, 6) is 0. The van der Waals surface area contributed by atoms with Crippen molar-refractivity contribution < 1.29 is 5.11 Å². The van der Waals surface area contributed by atoms with E-state index in [2.05, 4.69) is 21.2 Å². The molecule has 2 aromatic rings. The van der Waals surface area contributed by atoms with Gasteiger partial charge in [0, 0.05) is 22.1 Å². The zero-order valence-electron chi connectivity index (χ0n) is 11.2. The first-order chi connectivity index (χ1) is 9.58. The molecule has 2 N–H and O–H groups in total. The average Bonchev–Trinajstić information content (AvgIpc) is 2.45. The van der Waals surface area contributed by atoms with E-state index >= 15 is 0 Å². The largest absolute Gasteiger partial charge is 0.387 e. The van der Waals surface area contributed by atoms with Crippen molar-refractivity contribution >= 4 is 27.5 Å². The van der Waals surface area contributed by atoms with Gasteiger partial charge < -0.3 is 10.4 Å². The number of benzene rings is 2. The van der Waals surface area contributed by atoms with Crippen LogP contribution in [0.25, 0.3) is 0 Å². The highest BCUT2D eigenvalue weighted by Gasteiger charge is 2.12. The minimum absolute atomic E-state index is 0.0884. The van der Waals surface area contributed by atoms with E-state index < -0.39 is 6.10 Å². The van der Waals surface area contributed by atoms with Crippen LogP contribution in [-0.4, -0.2) is 11.7 Å². The van der Waals surface area contributed by atoms with Gasteiger partial charge >= 0.3 is 0 Å². The van der Waals surface area contributed by atoms with E-state index in [0.29, 0.717) is 6.54 Å². The van der Waals surface area contributed by atoms with Crippen LogP contribution in [0, 0.1) is 0 Å². The molecule has 106 valence electrons. The summed E-state index contributed by atoms with van der Waals surface area (Å²) < 4.78 is 0.966. The monoisotopic (exact) mass is 353 g/mol. The number of nitrogens with one attached hydrogen (secondary N) is 1. The van der Waals surface area contributed by atoms with Gasteiger partial charge in [-0.1, -0.05) is 57.9 Å². The highest BCUT2D eigenvalue weighted by Crippen LogP contribution is 2.23. The molecule has 0 aliphatic carbocycles. The van der Waals surface area contributed by atoms with Gasteiger partial charge in [0.2, 0.25) is 0 Å². The van der Waals surface area contributed by atoms with Crippen LogP contribution < -0.4 is 5.32 Å². The van der Waals surface area contributed by atoms with Gasteiger partial charge in [0.25, 0.3) is 0 Å². The Bertz CT molecular complexity index is 576. The number of hydrogen-bond acceptors (Lipinski definition) is 2. The van der Waals surface area contributed by atoms with Crippen molar-refractivity contribution in [2.75, 3.05) is 6.54 Å². The Morgan fingerprint density at radius 2 is 1.95 bits per heavy atom. The lowest BCUT2D eigenvalue weighted by Crippen LogP contribution is -2.24. The Hall–Kier alpha value is -0.870. The van der Waals surface area contributed by atoms with Crippen LogP contribution in [-0.2, 0) is 0 Å². The predicted molar refractivity (Wildman–Crippen MR) is 87.0 cm³/mol. The molecule has 4 heteroatoms. The van der Waals surface area contributed by atoms with E-state index in [9.17, 15) is 5.11 Å². The van der Waals surface area contributed by atoms with Crippen LogP contribution in [0.5, 0.6) is 0 Å². The summed E-state index contributed by atoms with van der Waals surface area (Å²) >= 11 is 9.57. The Morgan fingerprint density at radius 3 is 2.65 bits per heavy atom. The SMILES string of the molecule is C[C@H](NCC(O)c1cccc(Br)c1)c1ccccc1Cl. The summed E-state index contributed by atoms with van der Waals surface area (Å²) in [6.07, 6.45) is -0.544. The number of aliphatic hydroxyl groups is 1. The Kier molecular flexibility index (Phi) is 5.61. The smallest absolute Gasteiger partial charge is 0.0914 e. The van der Waals surface area contributed by atoms with Gasteiger partial charge in [0.05, 0.1) is 6.10 Å². The lowest BCUT2D eigenvalue weighted by Gasteiger charge is -2.18. The summed E-state index contributed by atoms with van der Waals surface area (Å²) in [5.41, 5.74) is 1.92. The molecule has 0 aliphatic heterocycles. The lowest BCUT2D eigenvalue weighted by molar-refractivity contribution is 0.170. The van der Waals surface area contributed by atoms with Crippen molar-refractivity contribution in [2.24, 2.45) is 0 Å². The molecular formula is C16H17BrClNO. The summed E-state index contributed by atoms with van der Waals surface area (Å²) in [5, 5.41) is 14.2. The van der Waals surface area contributed by atoms with Gasteiger partial charge in [0.1, 0.15) is 0 Å². The zero-order valence-corrected chi connectivity index (χ0v) is 13.5. The molecule has 0 aromatic heterocycles. The van der Waals surface area contributed by atoms with Crippen molar-refractivity contribution in [3.05, 3.63) is 69.2 Å². The molecule has 0 bridgehead atoms. The maximum absolute atomic E-state index is 10.2. The third kappa shape index (κ3) is 4.06. The number of rotatable bonds is 5. The summed E-state index contributed by atoms with van der Waals surface area (Å²) in [7, 11) is 0.